The van der Waals surface area contributed by atoms with Crippen LogP contribution in [-0.2, 0) is 10.2 Å². The number of hydrogen-bond acceptors (Lipinski definition) is 3. The maximum Gasteiger partial charge on any atom is 0.304 e. The SMILES string of the molecule is Cc1c2c(cc(Cl)c1C1(CC(=O)O)CC1)OCCO2. The van der Waals surface area contributed by atoms with Crippen LogP contribution in [0, 0.1) is 6.92 Å². The van der Waals surface area contributed by atoms with E-state index in [1.165, 1.54) is 0 Å². The molecule has 0 bridgehead atoms. The Balaban J connectivity index is 2.09. The highest BCUT2D eigenvalue weighted by Gasteiger charge is 2.49. The zero-order chi connectivity index (χ0) is 13.6. The molecule has 0 radical (unpaired) electrons. The Morgan fingerprint density at radius 3 is 2.74 bits per heavy atom. The third-order valence-electron chi connectivity index (χ3n) is 3.90. The molecule has 5 heteroatoms. The topological polar surface area (TPSA) is 55.8 Å². The van der Waals surface area contributed by atoms with E-state index in [1.54, 1.807) is 6.07 Å². The normalized spacial score (nSPS) is 19.1. The number of aliphatic carboxylic acids is 1. The van der Waals surface area contributed by atoms with Crippen LogP contribution >= 0.6 is 11.6 Å². The van der Waals surface area contributed by atoms with Crippen molar-refractivity contribution in [1.29, 1.82) is 0 Å². The van der Waals surface area contributed by atoms with Gasteiger partial charge in [-0.2, -0.15) is 0 Å². The Bertz CT molecular complexity index is 549. The number of rotatable bonds is 3. The Hall–Kier alpha value is -1.42. The highest BCUT2D eigenvalue weighted by molar-refractivity contribution is 6.32. The Labute approximate surface area is 116 Å². The lowest BCUT2D eigenvalue weighted by molar-refractivity contribution is -0.137. The zero-order valence-electron chi connectivity index (χ0n) is 10.7. The summed E-state index contributed by atoms with van der Waals surface area (Å²) in [4.78, 5) is 11.0. The van der Waals surface area contributed by atoms with Crippen molar-refractivity contribution < 1.29 is 19.4 Å². The number of hydrogen-bond donors (Lipinski definition) is 1. The van der Waals surface area contributed by atoms with Crippen molar-refractivity contribution in [3.05, 3.63) is 22.2 Å². The molecule has 2 aliphatic rings. The van der Waals surface area contributed by atoms with Gasteiger partial charge in [0.1, 0.15) is 13.2 Å². The van der Waals surface area contributed by atoms with Crippen molar-refractivity contribution in [2.75, 3.05) is 13.2 Å². The predicted molar refractivity (Wildman–Crippen MR) is 70.3 cm³/mol. The lowest BCUT2D eigenvalue weighted by Gasteiger charge is -2.25. The van der Waals surface area contributed by atoms with Crippen molar-refractivity contribution in [1.82, 2.24) is 0 Å². The van der Waals surface area contributed by atoms with E-state index in [0.29, 0.717) is 29.7 Å². The standard InChI is InChI=1S/C14H15ClO4/c1-8-12(14(2-3-14)7-11(16)17)9(15)6-10-13(8)19-5-4-18-10/h6H,2-5,7H2,1H3,(H,16,17). The predicted octanol–water partition coefficient (Wildman–Crippen LogP) is 2.93. The molecule has 0 atom stereocenters. The van der Waals surface area contributed by atoms with Gasteiger partial charge in [0, 0.05) is 22.1 Å². The summed E-state index contributed by atoms with van der Waals surface area (Å²) in [5, 5.41) is 9.66. The monoisotopic (exact) mass is 282 g/mol. The quantitative estimate of drug-likeness (QED) is 0.926. The van der Waals surface area contributed by atoms with Gasteiger partial charge in [0.15, 0.2) is 11.5 Å². The molecule has 1 aliphatic carbocycles. The highest BCUT2D eigenvalue weighted by Crippen LogP contribution is 2.56. The Morgan fingerprint density at radius 2 is 2.11 bits per heavy atom. The summed E-state index contributed by atoms with van der Waals surface area (Å²) in [5.41, 5.74) is 1.52. The summed E-state index contributed by atoms with van der Waals surface area (Å²) in [7, 11) is 0. The van der Waals surface area contributed by atoms with E-state index in [2.05, 4.69) is 0 Å². The molecule has 1 aromatic carbocycles. The highest BCUT2D eigenvalue weighted by atomic mass is 35.5. The van der Waals surface area contributed by atoms with Crippen LogP contribution in [0.4, 0.5) is 0 Å². The number of carboxylic acids is 1. The van der Waals surface area contributed by atoms with Crippen LogP contribution in [0.15, 0.2) is 6.07 Å². The van der Waals surface area contributed by atoms with Crippen LogP contribution in [0.5, 0.6) is 11.5 Å². The van der Waals surface area contributed by atoms with E-state index in [-0.39, 0.29) is 11.8 Å². The summed E-state index contributed by atoms with van der Waals surface area (Å²) in [6, 6.07) is 1.75. The summed E-state index contributed by atoms with van der Waals surface area (Å²) in [5.74, 6) is 0.578. The van der Waals surface area contributed by atoms with Crippen molar-refractivity contribution >= 4 is 17.6 Å². The molecule has 3 rings (SSSR count). The number of benzene rings is 1. The molecular formula is C14H15ClO4. The van der Waals surface area contributed by atoms with Crippen molar-refractivity contribution in [2.24, 2.45) is 0 Å². The average molecular weight is 283 g/mol. The lowest BCUT2D eigenvalue weighted by Crippen LogP contribution is -2.20. The first-order valence-corrected chi connectivity index (χ1v) is 6.72. The number of halogens is 1. The molecule has 1 N–H and O–H groups in total. The molecule has 1 aliphatic heterocycles. The molecule has 0 spiro atoms. The smallest absolute Gasteiger partial charge is 0.304 e. The van der Waals surface area contributed by atoms with Crippen molar-refractivity contribution in [3.8, 4) is 11.5 Å². The van der Waals surface area contributed by atoms with Gasteiger partial charge < -0.3 is 14.6 Å². The third kappa shape index (κ3) is 2.04. The van der Waals surface area contributed by atoms with Gasteiger partial charge in [-0.05, 0) is 25.3 Å². The van der Waals surface area contributed by atoms with E-state index in [0.717, 1.165) is 24.0 Å². The molecule has 0 unspecified atom stereocenters. The second kappa shape index (κ2) is 4.30. The molecule has 0 saturated heterocycles. The molecule has 0 amide bonds. The third-order valence-corrected chi connectivity index (χ3v) is 4.19. The van der Waals surface area contributed by atoms with Gasteiger partial charge in [-0.1, -0.05) is 11.6 Å². The molecule has 0 aromatic heterocycles. The fourth-order valence-electron chi connectivity index (χ4n) is 2.92. The van der Waals surface area contributed by atoms with Gasteiger partial charge in [-0.3, -0.25) is 4.79 Å². The molecular weight excluding hydrogens is 268 g/mol. The van der Waals surface area contributed by atoms with Gasteiger partial charge in [0.05, 0.1) is 6.42 Å². The molecule has 102 valence electrons. The first-order chi connectivity index (χ1) is 9.03. The van der Waals surface area contributed by atoms with E-state index in [9.17, 15) is 4.79 Å². The summed E-state index contributed by atoms with van der Waals surface area (Å²) in [6.07, 6.45) is 1.84. The maximum atomic E-state index is 11.0. The molecule has 1 saturated carbocycles. The number of carboxylic acid groups (broad SMARTS) is 1. The van der Waals surface area contributed by atoms with Crippen LogP contribution in [-0.4, -0.2) is 24.3 Å². The number of carbonyl (C=O) groups is 1. The number of ether oxygens (including phenoxy) is 2. The number of fused-ring (bicyclic) bond motifs is 1. The largest absolute Gasteiger partial charge is 0.486 e. The lowest BCUT2D eigenvalue weighted by atomic mass is 9.88. The van der Waals surface area contributed by atoms with Crippen LogP contribution in [0.25, 0.3) is 0 Å². The fourth-order valence-corrected chi connectivity index (χ4v) is 3.36. The van der Waals surface area contributed by atoms with E-state index < -0.39 is 5.97 Å². The first kappa shape index (κ1) is 12.6. The minimum Gasteiger partial charge on any atom is -0.486 e. The van der Waals surface area contributed by atoms with Crippen LogP contribution < -0.4 is 9.47 Å². The second-order valence-electron chi connectivity index (χ2n) is 5.23. The van der Waals surface area contributed by atoms with E-state index >= 15 is 0 Å². The van der Waals surface area contributed by atoms with Crippen molar-refractivity contribution in [3.63, 3.8) is 0 Å². The van der Waals surface area contributed by atoms with Gasteiger partial charge in [-0.25, -0.2) is 0 Å². The summed E-state index contributed by atoms with van der Waals surface area (Å²) >= 11 is 6.35. The van der Waals surface area contributed by atoms with Gasteiger partial charge in [0.25, 0.3) is 0 Å². The van der Waals surface area contributed by atoms with Crippen LogP contribution in [0.2, 0.25) is 5.02 Å². The minimum absolute atomic E-state index is 0.118. The summed E-state index contributed by atoms with van der Waals surface area (Å²) < 4.78 is 11.2. The Kier molecular flexibility index (Phi) is 2.86. The van der Waals surface area contributed by atoms with Gasteiger partial charge >= 0.3 is 5.97 Å². The summed E-state index contributed by atoms with van der Waals surface area (Å²) in [6.45, 7) is 2.96. The van der Waals surface area contributed by atoms with Gasteiger partial charge in [0.2, 0.25) is 0 Å². The van der Waals surface area contributed by atoms with Crippen molar-refractivity contribution in [2.45, 2.75) is 31.6 Å². The van der Waals surface area contributed by atoms with E-state index in [4.69, 9.17) is 26.2 Å². The average Bonchev–Trinajstić information content (AvgIpc) is 3.08. The Morgan fingerprint density at radius 1 is 1.42 bits per heavy atom. The molecule has 19 heavy (non-hydrogen) atoms. The zero-order valence-corrected chi connectivity index (χ0v) is 11.4. The molecule has 4 nitrogen and oxygen atoms in total. The second-order valence-corrected chi connectivity index (χ2v) is 5.64. The minimum atomic E-state index is -0.789. The first-order valence-electron chi connectivity index (χ1n) is 6.34. The molecule has 1 heterocycles. The van der Waals surface area contributed by atoms with Crippen LogP contribution in [0.1, 0.15) is 30.4 Å². The van der Waals surface area contributed by atoms with Crippen LogP contribution in [0.3, 0.4) is 0 Å². The molecule has 1 aromatic rings. The van der Waals surface area contributed by atoms with E-state index in [1.807, 2.05) is 6.92 Å². The fraction of sp³-hybridized carbons (Fsp3) is 0.500. The molecule has 1 fully saturated rings. The maximum absolute atomic E-state index is 11.0. The van der Waals surface area contributed by atoms with Gasteiger partial charge in [-0.15, -0.1) is 0 Å².